The fourth-order valence-corrected chi connectivity index (χ4v) is 4.31. The lowest BCUT2D eigenvalue weighted by molar-refractivity contribution is 0.406. The number of hydrogen-bond donors (Lipinski definition) is 1. The van der Waals surface area contributed by atoms with Gasteiger partial charge in [-0.1, -0.05) is 36.8 Å². The molecule has 1 N–H and O–H groups in total. The lowest BCUT2D eigenvalue weighted by Gasteiger charge is -2.34. The van der Waals surface area contributed by atoms with E-state index >= 15 is 0 Å². The number of thioether (sulfide) groups is 1. The lowest BCUT2D eigenvalue weighted by atomic mass is 9.90. The third-order valence-corrected chi connectivity index (χ3v) is 5.60. The van der Waals surface area contributed by atoms with Crippen molar-refractivity contribution in [2.45, 2.75) is 50.8 Å². The van der Waals surface area contributed by atoms with Crippen LogP contribution in [0, 0.1) is 6.92 Å². The molecule has 18 heavy (non-hydrogen) atoms. The second-order valence-electron chi connectivity index (χ2n) is 5.57. The summed E-state index contributed by atoms with van der Waals surface area (Å²) in [6.45, 7) is 7.89. The first kappa shape index (κ1) is 14.0. The van der Waals surface area contributed by atoms with E-state index in [9.17, 15) is 0 Å². The zero-order valence-corrected chi connectivity index (χ0v) is 12.6. The van der Waals surface area contributed by atoms with Gasteiger partial charge in [-0.2, -0.15) is 11.8 Å². The van der Waals surface area contributed by atoms with Crippen LogP contribution in [0.15, 0.2) is 24.3 Å². The Morgan fingerprint density at radius 1 is 1.44 bits per heavy atom. The van der Waals surface area contributed by atoms with Crippen LogP contribution in [-0.2, 0) is 6.42 Å². The van der Waals surface area contributed by atoms with Gasteiger partial charge in [0, 0.05) is 10.8 Å². The molecule has 1 heterocycles. The number of hydrogen-bond acceptors (Lipinski definition) is 2. The molecule has 2 heteroatoms. The van der Waals surface area contributed by atoms with Crippen molar-refractivity contribution < 1.29 is 0 Å². The van der Waals surface area contributed by atoms with Crippen molar-refractivity contribution in [2.75, 3.05) is 12.3 Å². The van der Waals surface area contributed by atoms with Crippen molar-refractivity contribution in [1.82, 2.24) is 5.32 Å². The minimum absolute atomic E-state index is 0.416. The number of rotatable bonds is 5. The molecule has 2 unspecified atom stereocenters. The highest BCUT2D eigenvalue weighted by Crippen LogP contribution is 2.41. The van der Waals surface area contributed by atoms with E-state index in [-0.39, 0.29) is 0 Å². The highest BCUT2D eigenvalue weighted by molar-refractivity contribution is 8.00. The highest BCUT2D eigenvalue weighted by atomic mass is 32.2. The van der Waals surface area contributed by atoms with E-state index < -0.39 is 0 Å². The summed E-state index contributed by atoms with van der Waals surface area (Å²) in [6, 6.07) is 9.54. The predicted molar refractivity (Wildman–Crippen MR) is 82.4 cm³/mol. The smallest absolute Gasteiger partial charge is 0.0288 e. The monoisotopic (exact) mass is 263 g/mol. The first-order valence-corrected chi connectivity index (χ1v) is 8.05. The molecule has 0 aliphatic carbocycles. The summed E-state index contributed by atoms with van der Waals surface area (Å²) in [4.78, 5) is 0. The molecule has 1 nitrogen and oxygen atoms in total. The van der Waals surface area contributed by atoms with Gasteiger partial charge in [-0.15, -0.1) is 0 Å². The molecule has 1 aromatic carbocycles. The summed E-state index contributed by atoms with van der Waals surface area (Å²) in [6.07, 6.45) is 3.87. The fraction of sp³-hybridized carbons (Fsp3) is 0.625. The molecule has 2 atom stereocenters. The summed E-state index contributed by atoms with van der Waals surface area (Å²) in [5.41, 5.74) is 2.83. The lowest BCUT2D eigenvalue weighted by Crippen LogP contribution is -2.46. The predicted octanol–water partition coefficient (Wildman–Crippen LogP) is 3.80. The van der Waals surface area contributed by atoms with Crippen LogP contribution in [0.25, 0.3) is 0 Å². The van der Waals surface area contributed by atoms with Gasteiger partial charge in [0.05, 0.1) is 0 Å². The van der Waals surface area contributed by atoms with E-state index in [1.807, 2.05) is 0 Å². The molecule has 2 rings (SSSR count). The summed E-state index contributed by atoms with van der Waals surface area (Å²) in [5, 5.41) is 3.71. The van der Waals surface area contributed by atoms with Crippen molar-refractivity contribution in [3.8, 4) is 0 Å². The first-order valence-electron chi connectivity index (χ1n) is 7.07. The Hall–Kier alpha value is -0.470. The van der Waals surface area contributed by atoms with E-state index in [0.29, 0.717) is 10.8 Å². The van der Waals surface area contributed by atoms with Crippen LogP contribution < -0.4 is 5.32 Å². The van der Waals surface area contributed by atoms with E-state index in [4.69, 9.17) is 0 Å². The molecule has 1 fully saturated rings. The number of aryl methyl sites for hydroxylation is 1. The Morgan fingerprint density at radius 2 is 2.28 bits per heavy atom. The standard InChI is InChI=1S/C16H25NS/c1-4-17-15(16(3)9-6-10-18-16)12-14-8-5-7-13(2)11-14/h5,7-8,11,15,17H,4,6,9-10,12H2,1-3H3. The van der Waals surface area contributed by atoms with E-state index in [1.165, 1.54) is 29.7 Å². The Balaban J connectivity index is 2.10. The maximum absolute atomic E-state index is 3.71. The van der Waals surface area contributed by atoms with Gasteiger partial charge in [-0.3, -0.25) is 0 Å². The summed E-state index contributed by atoms with van der Waals surface area (Å²) in [5.74, 6) is 1.33. The molecule has 0 aromatic heterocycles. The molecule has 1 aromatic rings. The second-order valence-corrected chi connectivity index (χ2v) is 7.20. The van der Waals surface area contributed by atoms with Crippen molar-refractivity contribution in [2.24, 2.45) is 0 Å². The summed E-state index contributed by atoms with van der Waals surface area (Å²) >= 11 is 2.15. The van der Waals surface area contributed by atoms with Gasteiger partial charge >= 0.3 is 0 Å². The van der Waals surface area contributed by atoms with E-state index in [1.54, 1.807) is 0 Å². The van der Waals surface area contributed by atoms with E-state index in [0.717, 1.165) is 13.0 Å². The Labute approximate surface area is 116 Å². The van der Waals surface area contributed by atoms with Crippen LogP contribution in [0.5, 0.6) is 0 Å². The number of likely N-dealkylation sites (N-methyl/N-ethyl adjacent to an activating group) is 1. The largest absolute Gasteiger partial charge is 0.313 e. The third-order valence-electron chi connectivity index (χ3n) is 3.96. The van der Waals surface area contributed by atoms with Gasteiger partial charge in [0.15, 0.2) is 0 Å². The van der Waals surface area contributed by atoms with Crippen LogP contribution in [0.1, 0.15) is 37.8 Å². The van der Waals surface area contributed by atoms with Crippen molar-refractivity contribution >= 4 is 11.8 Å². The summed E-state index contributed by atoms with van der Waals surface area (Å²) < 4.78 is 0.416. The SMILES string of the molecule is CCNC(Cc1cccc(C)c1)C1(C)CCCS1. The van der Waals surface area contributed by atoms with Gasteiger partial charge in [-0.05, 0) is 51.0 Å². The Kier molecular flexibility index (Phi) is 4.74. The van der Waals surface area contributed by atoms with Gasteiger partial charge in [0.25, 0.3) is 0 Å². The molecule has 0 amide bonds. The zero-order chi connectivity index (χ0) is 13.0. The van der Waals surface area contributed by atoms with Crippen molar-refractivity contribution in [1.29, 1.82) is 0 Å². The normalized spacial score (nSPS) is 25.3. The molecular formula is C16H25NS. The molecule has 100 valence electrons. The van der Waals surface area contributed by atoms with Gasteiger partial charge in [-0.25, -0.2) is 0 Å². The fourth-order valence-electron chi connectivity index (χ4n) is 2.90. The zero-order valence-electron chi connectivity index (χ0n) is 11.8. The van der Waals surface area contributed by atoms with Gasteiger partial charge in [0.1, 0.15) is 0 Å². The molecule has 0 spiro atoms. The third kappa shape index (κ3) is 3.30. The van der Waals surface area contributed by atoms with Crippen LogP contribution in [0.3, 0.4) is 0 Å². The van der Waals surface area contributed by atoms with Crippen molar-refractivity contribution in [3.63, 3.8) is 0 Å². The molecule has 1 aliphatic rings. The second kappa shape index (κ2) is 6.12. The van der Waals surface area contributed by atoms with E-state index in [2.05, 4.69) is 62.1 Å². The molecule has 0 bridgehead atoms. The maximum Gasteiger partial charge on any atom is 0.0288 e. The highest BCUT2D eigenvalue weighted by Gasteiger charge is 2.37. The van der Waals surface area contributed by atoms with Crippen LogP contribution in [-0.4, -0.2) is 23.1 Å². The summed E-state index contributed by atoms with van der Waals surface area (Å²) in [7, 11) is 0. The van der Waals surface area contributed by atoms with Crippen LogP contribution >= 0.6 is 11.8 Å². The molecule has 1 aliphatic heterocycles. The Morgan fingerprint density at radius 3 is 2.89 bits per heavy atom. The van der Waals surface area contributed by atoms with Gasteiger partial charge in [0.2, 0.25) is 0 Å². The average Bonchev–Trinajstić information content (AvgIpc) is 2.77. The van der Waals surface area contributed by atoms with Crippen LogP contribution in [0.2, 0.25) is 0 Å². The average molecular weight is 263 g/mol. The Bertz CT molecular complexity index is 382. The van der Waals surface area contributed by atoms with Crippen LogP contribution in [0.4, 0.5) is 0 Å². The molecule has 1 saturated heterocycles. The molecular weight excluding hydrogens is 238 g/mol. The molecule has 0 saturated carbocycles. The number of benzene rings is 1. The first-order chi connectivity index (χ1) is 8.64. The number of nitrogens with one attached hydrogen (secondary N) is 1. The van der Waals surface area contributed by atoms with Crippen molar-refractivity contribution in [3.05, 3.63) is 35.4 Å². The van der Waals surface area contributed by atoms with Gasteiger partial charge < -0.3 is 5.32 Å². The molecule has 0 radical (unpaired) electrons. The maximum atomic E-state index is 3.71. The topological polar surface area (TPSA) is 12.0 Å². The minimum Gasteiger partial charge on any atom is -0.313 e. The quantitative estimate of drug-likeness (QED) is 0.867. The minimum atomic E-state index is 0.416.